The van der Waals surface area contributed by atoms with Crippen molar-refractivity contribution in [3.05, 3.63) is 35.9 Å². The van der Waals surface area contributed by atoms with Crippen LogP contribution in [0.5, 0.6) is 0 Å². The zero-order valence-corrected chi connectivity index (χ0v) is 10.2. The van der Waals surface area contributed by atoms with Gasteiger partial charge in [0.05, 0.1) is 6.61 Å². The topological polar surface area (TPSA) is 79.5 Å². The Hall–Kier alpha value is -2.08. The van der Waals surface area contributed by atoms with Gasteiger partial charge in [-0.05, 0) is 12.5 Å². The van der Waals surface area contributed by atoms with Crippen LogP contribution in [0.25, 0.3) is 0 Å². The van der Waals surface area contributed by atoms with Gasteiger partial charge in [-0.1, -0.05) is 30.3 Å². The second-order valence-electron chi connectivity index (χ2n) is 3.45. The van der Waals surface area contributed by atoms with E-state index in [4.69, 9.17) is 0 Å². The second kappa shape index (κ2) is 8.08. The molecule has 1 aromatic carbocycles. The Morgan fingerprint density at radius 3 is 2.61 bits per heavy atom. The van der Waals surface area contributed by atoms with E-state index in [0.717, 1.165) is 5.56 Å². The summed E-state index contributed by atoms with van der Waals surface area (Å²) in [6.45, 7) is 2.40. The van der Waals surface area contributed by atoms with Crippen molar-refractivity contribution in [3.63, 3.8) is 0 Å². The summed E-state index contributed by atoms with van der Waals surface area (Å²) in [6, 6.07) is 9.12. The maximum absolute atomic E-state index is 11.3. The number of hydrogen-bond donors (Lipinski definition) is 3. The third-order valence-electron chi connectivity index (χ3n) is 2.04. The first-order valence-electron chi connectivity index (χ1n) is 5.68. The molecule has 0 aliphatic heterocycles. The van der Waals surface area contributed by atoms with E-state index in [9.17, 15) is 9.59 Å². The van der Waals surface area contributed by atoms with E-state index >= 15 is 0 Å². The first-order chi connectivity index (χ1) is 8.72. The number of ether oxygens (including phenoxy) is 1. The highest BCUT2D eigenvalue weighted by Gasteiger charge is 2.02. The average molecular weight is 251 g/mol. The molecule has 0 atom stereocenters. The van der Waals surface area contributed by atoms with Gasteiger partial charge in [0.25, 0.3) is 0 Å². The van der Waals surface area contributed by atoms with Gasteiger partial charge in [0.2, 0.25) is 0 Å². The Morgan fingerprint density at radius 1 is 1.22 bits per heavy atom. The molecule has 0 heterocycles. The van der Waals surface area contributed by atoms with Crippen molar-refractivity contribution in [1.29, 1.82) is 0 Å². The van der Waals surface area contributed by atoms with Crippen LogP contribution in [0.2, 0.25) is 0 Å². The van der Waals surface area contributed by atoms with Crippen LogP contribution in [0.4, 0.5) is 4.79 Å². The number of urea groups is 1. The van der Waals surface area contributed by atoms with Gasteiger partial charge in [-0.15, -0.1) is 0 Å². The molecule has 1 aromatic rings. The zero-order valence-electron chi connectivity index (χ0n) is 10.2. The zero-order chi connectivity index (χ0) is 13.2. The Labute approximate surface area is 106 Å². The van der Waals surface area contributed by atoms with E-state index < -0.39 is 12.0 Å². The van der Waals surface area contributed by atoms with Gasteiger partial charge >= 0.3 is 12.0 Å². The minimum atomic E-state index is -0.416. The quantitative estimate of drug-likeness (QED) is 0.509. The van der Waals surface area contributed by atoms with Gasteiger partial charge in [0.1, 0.15) is 6.54 Å². The Kier molecular flexibility index (Phi) is 6.27. The lowest BCUT2D eigenvalue weighted by Gasteiger charge is -2.08. The lowest BCUT2D eigenvalue weighted by atomic mass is 10.2. The van der Waals surface area contributed by atoms with Crippen LogP contribution < -0.4 is 16.2 Å². The van der Waals surface area contributed by atoms with Gasteiger partial charge < -0.3 is 10.1 Å². The van der Waals surface area contributed by atoms with Crippen LogP contribution in [-0.2, 0) is 16.1 Å². The maximum atomic E-state index is 11.3. The van der Waals surface area contributed by atoms with Crippen LogP contribution in [0.1, 0.15) is 12.5 Å². The smallest absolute Gasteiger partial charge is 0.329 e. The fraction of sp³-hybridized carbons (Fsp3) is 0.333. The molecule has 0 fully saturated rings. The van der Waals surface area contributed by atoms with Crippen LogP contribution in [0.3, 0.4) is 0 Å². The number of rotatable bonds is 6. The standard InChI is InChI=1S/C12H17N3O3/c1-2-18-11(16)9-14-15-12(17)13-8-10-6-4-3-5-7-10/h3-7,14H,2,8-9H2,1H3,(H2,13,15,17). The molecule has 0 aliphatic carbocycles. The number of hydrazine groups is 1. The van der Waals surface area contributed by atoms with Crippen LogP contribution >= 0.6 is 0 Å². The molecule has 0 bridgehead atoms. The van der Waals surface area contributed by atoms with Crippen LogP contribution in [0.15, 0.2) is 30.3 Å². The number of nitrogens with one attached hydrogen (secondary N) is 3. The van der Waals surface area contributed by atoms with Crippen LogP contribution in [-0.4, -0.2) is 25.2 Å². The maximum Gasteiger partial charge on any atom is 0.329 e. The van der Waals surface area contributed by atoms with Crippen molar-refractivity contribution in [2.75, 3.05) is 13.2 Å². The first kappa shape index (κ1) is 14.0. The number of benzene rings is 1. The van der Waals surface area contributed by atoms with E-state index in [-0.39, 0.29) is 6.54 Å². The molecule has 0 saturated heterocycles. The Balaban J connectivity index is 2.13. The second-order valence-corrected chi connectivity index (χ2v) is 3.45. The fourth-order valence-electron chi connectivity index (χ4n) is 1.23. The molecule has 0 unspecified atom stereocenters. The van der Waals surface area contributed by atoms with Gasteiger partial charge in [0.15, 0.2) is 0 Å². The minimum Gasteiger partial charge on any atom is -0.465 e. The van der Waals surface area contributed by atoms with Gasteiger partial charge in [-0.2, -0.15) is 0 Å². The number of esters is 1. The van der Waals surface area contributed by atoms with E-state index in [1.807, 2.05) is 30.3 Å². The molecule has 0 saturated carbocycles. The third kappa shape index (κ3) is 5.86. The minimum absolute atomic E-state index is 0.0629. The SMILES string of the molecule is CCOC(=O)CNNC(=O)NCc1ccccc1. The Morgan fingerprint density at radius 2 is 1.94 bits per heavy atom. The summed E-state index contributed by atoms with van der Waals surface area (Å²) in [7, 11) is 0. The van der Waals surface area contributed by atoms with Crippen molar-refractivity contribution in [2.24, 2.45) is 0 Å². The Bertz CT molecular complexity index is 381. The molecule has 2 amide bonds. The van der Waals surface area contributed by atoms with Crippen molar-refractivity contribution in [1.82, 2.24) is 16.2 Å². The summed E-state index contributed by atoms with van der Waals surface area (Å²) < 4.78 is 4.68. The largest absolute Gasteiger partial charge is 0.465 e. The van der Waals surface area contributed by atoms with E-state index in [0.29, 0.717) is 13.2 Å². The highest BCUT2D eigenvalue weighted by molar-refractivity contribution is 5.75. The van der Waals surface area contributed by atoms with Crippen molar-refractivity contribution < 1.29 is 14.3 Å². The molecule has 6 heteroatoms. The predicted octanol–water partition coefficient (Wildman–Crippen LogP) is 0.554. The first-order valence-corrected chi connectivity index (χ1v) is 5.68. The summed E-state index contributed by atoms with van der Waals surface area (Å²) in [4.78, 5) is 22.3. The lowest BCUT2D eigenvalue weighted by molar-refractivity contribution is -0.142. The third-order valence-corrected chi connectivity index (χ3v) is 2.04. The summed E-state index contributed by atoms with van der Waals surface area (Å²) in [5.74, 6) is -0.416. The van der Waals surface area contributed by atoms with Gasteiger partial charge in [-0.25, -0.2) is 10.2 Å². The van der Waals surface area contributed by atoms with Crippen molar-refractivity contribution >= 4 is 12.0 Å². The summed E-state index contributed by atoms with van der Waals surface area (Å²) in [5.41, 5.74) is 5.81. The summed E-state index contributed by atoms with van der Waals surface area (Å²) in [5, 5.41) is 2.64. The molecule has 0 radical (unpaired) electrons. The van der Waals surface area contributed by atoms with Gasteiger partial charge in [-0.3, -0.25) is 10.2 Å². The highest BCUT2D eigenvalue weighted by atomic mass is 16.5. The fourth-order valence-corrected chi connectivity index (χ4v) is 1.23. The molecule has 18 heavy (non-hydrogen) atoms. The monoisotopic (exact) mass is 251 g/mol. The molecule has 0 spiro atoms. The summed E-state index contributed by atoms with van der Waals surface area (Å²) in [6.07, 6.45) is 0. The molecular formula is C12H17N3O3. The molecule has 98 valence electrons. The molecule has 1 rings (SSSR count). The van der Waals surface area contributed by atoms with E-state index in [1.54, 1.807) is 6.92 Å². The molecule has 0 aliphatic rings. The molecule has 3 N–H and O–H groups in total. The normalized spacial score (nSPS) is 9.61. The van der Waals surface area contributed by atoms with Gasteiger partial charge in [0, 0.05) is 6.54 Å². The van der Waals surface area contributed by atoms with E-state index in [2.05, 4.69) is 20.9 Å². The molecular weight excluding hydrogens is 234 g/mol. The van der Waals surface area contributed by atoms with E-state index in [1.165, 1.54) is 0 Å². The van der Waals surface area contributed by atoms with Crippen molar-refractivity contribution in [3.8, 4) is 0 Å². The lowest BCUT2D eigenvalue weighted by Crippen LogP contribution is -2.46. The number of carbonyl (C=O) groups is 2. The van der Waals surface area contributed by atoms with Crippen LogP contribution in [0, 0.1) is 0 Å². The molecule has 6 nitrogen and oxygen atoms in total. The summed E-state index contributed by atoms with van der Waals surface area (Å²) >= 11 is 0. The number of amides is 2. The van der Waals surface area contributed by atoms with Crippen molar-refractivity contribution in [2.45, 2.75) is 13.5 Å². The average Bonchev–Trinajstić information content (AvgIpc) is 2.38. The molecule has 0 aromatic heterocycles. The highest BCUT2D eigenvalue weighted by Crippen LogP contribution is 1.96. The number of carbonyl (C=O) groups excluding carboxylic acids is 2. The predicted molar refractivity (Wildman–Crippen MR) is 66.4 cm³/mol. The number of hydrogen-bond acceptors (Lipinski definition) is 4.